The van der Waals surface area contributed by atoms with E-state index in [9.17, 15) is 19.6 Å². The third-order valence-corrected chi connectivity index (χ3v) is 6.54. The van der Waals surface area contributed by atoms with E-state index in [4.69, 9.17) is 21.5 Å². The Balaban J connectivity index is 0.000000323. The molecule has 1 aromatic heterocycles. The van der Waals surface area contributed by atoms with Crippen LogP contribution in [0.15, 0.2) is 10.9 Å². The quantitative estimate of drug-likeness (QED) is 0.152. The molecular weight excluding hydrogens is 569 g/mol. The molecule has 4 heterocycles. The number of fused-ring (bicyclic) bond motifs is 2. The lowest BCUT2D eigenvalue weighted by Crippen LogP contribution is -2.31. The van der Waals surface area contributed by atoms with E-state index in [0.717, 1.165) is 0 Å². The number of hydrogen-bond donors (Lipinski definition) is 0. The molecule has 2 saturated heterocycles. The molecule has 180 valence electrons. The number of aromatic nitrogens is 1. The van der Waals surface area contributed by atoms with Crippen molar-refractivity contribution in [2.24, 2.45) is 0 Å². The number of pyridine rings is 1. The van der Waals surface area contributed by atoms with E-state index in [1.54, 1.807) is 13.0 Å². The molecule has 0 bridgehead atoms. The molecule has 1 spiro atoms. The minimum absolute atomic E-state index is 0.0373. The molecule has 1 aromatic rings. The third kappa shape index (κ3) is 5.69. The van der Waals surface area contributed by atoms with Gasteiger partial charge in [0.2, 0.25) is 11.9 Å². The van der Waals surface area contributed by atoms with E-state index in [1.165, 1.54) is 48.8 Å². The molecule has 33 heavy (non-hydrogen) atoms. The van der Waals surface area contributed by atoms with Crippen LogP contribution in [0.2, 0.25) is 0 Å². The van der Waals surface area contributed by atoms with Crippen LogP contribution in [0.5, 0.6) is 0 Å². The molecule has 0 saturated carbocycles. The van der Waals surface area contributed by atoms with Gasteiger partial charge in [-0.05, 0) is 25.8 Å². The van der Waals surface area contributed by atoms with Crippen molar-refractivity contribution in [1.82, 2.24) is 8.87 Å². The molecule has 1 atom stereocenters. The zero-order chi connectivity index (χ0) is 23.8. The largest absolute Gasteiger partial charge is 0.463 e. The lowest BCUT2D eigenvalue weighted by molar-refractivity contribution is -0.164. The molecule has 3 aliphatic heterocycles. The van der Waals surface area contributed by atoms with Crippen LogP contribution in [0.4, 0.5) is 0 Å². The van der Waals surface area contributed by atoms with E-state index in [1.807, 2.05) is 23.0 Å². The number of esters is 1. The number of nitriles is 1. The third-order valence-electron chi connectivity index (χ3n) is 5.42. The Bertz CT molecular complexity index is 954. The van der Waals surface area contributed by atoms with Crippen molar-refractivity contribution in [3.63, 3.8) is 0 Å². The van der Waals surface area contributed by atoms with Gasteiger partial charge in [-0.25, -0.2) is 11.6 Å². The highest BCUT2D eigenvalue weighted by Gasteiger charge is 2.46. The highest BCUT2D eigenvalue weighted by atomic mass is 127. The van der Waals surface area contributed by atoms with Crippen LogP contribution in [-0.2, 0) is 43.4 Å². The van der Waals surface area contributed by atoms with Crippen molar-refractivity contribution in [2.45, 2.75) is 44.6 Å². The van der Waals surface area contributed by atoms with Gasteiger partial charge in [-0.3, -0.25) is 9.59 Å². The van der Waals surface area contributed by atoms with Crippen LogP contribution in [0.3, 0.4) is 0 Å². The minimum Gasteiger partial charge on any atom is -0.463 e. The molecular formula is C20H24IN3O8S. The van der Waals surface area contributed by atoms with Crippen molar-refractivity contribution >= 4 is 47.7 Å². The molecule has 0 amide bonds. The van der Waals surface area contributed by atoms with Crippen LogP contribution in [0, 0.1) is 11.3 Å². The summed E-state index contributed by atoms with van der Waals surface area (Å²) in [6.45, 7) is 5.16. The number of halogens is 1. The van der Waals surface area contributed by atoms with Gasteiger partial charge in [0.15, 0.2) is 0 Å². The molecule has 3 aliphatic rings. The molecule has 0 N–H and O–H groups in total. The average molecular weight is 593 g/mol. The Morgan fingerprint density at radius 3 is 2.64 bits per heavy atom. The molecule has 0 aromatic carbocycles. The van der Waals surface area contributed by atoms with Crippen molar-refractivity contribution in [3.05, 3.63) is 33.2 Å². The second-order valence-electron chi connectivity index (χ2n) is 7.27. The maximum atomic E-state index is 12.7. The lowest BCUT2D eigenvalue weighted by Gasteiger charge is -2.23. The summed E-state index contributed by atoms with van der Waals surface area (Å²) < 4.78 is 29.5. The van der Waals surface area contributed by atoms with E-state index in [-0.39, 0.29) is 24.2 Å². The maximum absolute atomic E-state index is 12.7. The number of hydrogen-bond acceptors (Lipinski definition) is 11. The first-order valence-electron chi connectivity index (χ1n) is 10.4. The van der Waals surface area contributed by atoms with E-state index in [0.29, 0.717) is 31.9 Å². The molecule has 1 unspecified atom stereocenters. The van der Waals surface area contributed by atoms with E-state index >= 15 is 0 Å². The van der Waals surface area contributed by atoms with Gasteiger partial charge in [-0.2, -0.15) is 5.26 Å². The second kappa shape index (κ2) is 12.1. The van der Waals surface area contributed by atoms with Gasteiger partial charge in [-0.15, -0.1) is 0 Å². The summed E-state index contributed by atoms with van der Waals surface area (Å²) in [7, 11) is 0. The molecule has 2 fully saturated rings. The van der Waals surface area contributed by atoms with Gasteiger partial charge in [0.25, 0.3) is 12.0 Å². The Labute approximate surface area is 209 Å². The summed E-state index contributed by atoms with van der Waals surface area (Å²) in [5.74, 6) is -1.95. The maximum Gasteiger partial charge on any atom is 0.352 e. The first kappa shape index (κ1) is 25.9. The number of nitrogens with zero attached hydrogens (tertiary/aromatic N) is 3. The summed E-state index contributed by atoms with van der Waals surface area (Å²) in [5, 5.41) is 9.39. The monoisotopic (exact) mass is 593 g/mol. The Morgan fingerprint density at radius 2 is 2.06 bits per heavy atom. The van der Waals surface area contributed by atoms with Crippen LogP contribution in [-0.4, -0.2) is 54.2 Å². The highest BCUT2D eigenvalue weighted by molar-refractivity contribution is 14.1. The zero-order valence-electron chi connectivity index (χ0n) is 18.0. The minimum atomic E-state index is -1.51. The Morgan fingerprint density at radius 1 is 1.36 bits per heavy atom. The molecule has 11 nitrogen and oxygen atoms in total. The Kier molecular flexibility index (Phi) is 9.53. The van der Waals surface area contributed by atoms with Crippen molar-refractivity contribution in [2.75, 3.05) is 32.9 Å². The van der Waals surface area contributed by atoms with Crippen LogP contribution in [0.1, 0.15) is 49.1 Å². The van der Waals surface area contributed by atoms with Gasteiger partial charge >= 0.3 is 5.97 Å². The number of ether oxygens (including phenoxy) is 4. The summed E-state index contributed by atoms with van der Waals surface area (Å²) in [6, 6.07) is 3.24. The van der Waals surface area contributed by atoms with Crippen molar-refractivity contribution in [3.8, 4) is 6.07 Å². The van der Waals surface area contributed by atoms with Gasteiger partial charge in [0, 0.05) is 31.6 Å². The smallest absolute Gasteiger partial charge is 0.352 e. The van der Waals surface area contributed by atoms with Crippen LogP contribution < -0.4 is 5.56 Å². The van der Waals surface area contributed by atoms with Gasteiger partial charge in [0.05, 0.1) is 37.7 Å². The standard InChI is InChI=1S/C16H16N2O7.C4H8INOS/c1-2-22-15(21)13(23-9-19)10-7-12-16(24-5-6-25-16)3-4-18(12)14(20)11(10)8-17;5-7-8-6-3-1-2-4-6/h7,9,13H,2-6H2,1H3;1-4H2. The normalized spacial score (nSPS) is 19.3. The highest BCUT2D eigenvalue weighted by Crippen LogP contribution is 2.40. The lowest BCUT2D eigenvalue weighted by atomic mass is 10.0. The SMILES string of the molecule is CCOC(=O)C(OC=O)c1cc2n(c(=O)c1C#N)CCC21OCCO1.IOSN1CCCC1. The van der Waals surface area contributed by atoms with Gasteiger partial charge < -0.3 is 23.5 Å². The van der Waals surface area contributed by atoms with E-state index in [2.05, 4.69) is 4.31 Å². The summed E-state index contributed by atoms with van der Waals surface area (Å²) in [4.78, 5) is 35.6. The molecule has 13 heteroatoms. The fraction of sp³-hybridized carbons (Fsp3) is 0.600. The van der Waals surface area contributed by atoms with Gasteiger partial charge in [-0.1, -0.05) is 0 Å². The first-order chi connectivity index (χ1) is 16.0. The predicted molar refractivity (Wildman–Crippen MR) is 124 cm³/mol. The van der Waals surface area contributed by atoms with Crippen molar-refractivity contribution < 1.29 is 31.0 Å². The Hall–Kier alpha value is -1.70. The fourth-order valence-electron chi connectivity index (χ4n) is 3.99. The molecule has 4 rings (SSSR count). The first-order valence-corrected chi connectivity index (χ1v) is 12.0. The number of carbonyl (C=O) groups excluding carboxylic acids is 2. The zero-order valence-corrected chi connectivity index (χ0v) is 21.0. The summed E-state index contributed by atoms with van der Waals surface area (Å²) in [5.41, 5.74) is -0.508. The number of carbonyl (C=O) groups is 2. The predicted octanol–water partition coefficient (Wildman–Crippen LogP) is 2.11. The number of rotatable bonds is 7. The van der Waals surface area contributed by atoms with Gasteiger partial charge in [0.1, 0.15) is 34.6 Å². The van der Waals surface area contributed by atoms with Crippen molar-refractivity contribution in [1.29, 1.82) is 5.26 Å². The van der Waals surface area contributed by atoms with Crippen LogP contribution >= 0.6 is 35.2 Å². The second-order valence-corrected chi connectivity index (χ2v) is 9.14. The molecule has 0 aliphatic carbocycles. The molecule has 0 radical (unpaired) electrons. The summed E-state index contributed by atoms with van der Waals surface area (Å²) in [6.07, 6.45) is 1.56. The van der Waals surface area contributed by atoms with Crippen LogP contribution in [0.25, 0.3) is 0 Å². The topological polar surface area (TPSA) is 129 Å². The average Bonchev–Trinajstić information content (AvgIpc) is 3.56. The van der Waals surface area contributed by atoms with E-state index < -0.39 is 23.4 Å². The summed E-state index contributed by atoms with van der Waals surface area (Å²) >= 11 is 3.36. The fourth-order valence-corrected chi connectivity index (χ4v) is 5.16.